The quantitative estimate of drug-likeness (QED) is 0.132. The fourth-order valence-corrected chi connectivity index (χ4v) is 3.14. The number of carbonyl (C=O) groups is 4. The molecule has 9 N–H and O–H groups in total. The van der Waals surface area contributed by atoms with Gasteiger partial charge in [0.25, 0.3) is 0 Å². The summed E-state index contributed by atoms with van der Waals surface area (Å²) in [5, 5.41) is 26.2. The van der Waals surface area contributed by atoms with E-state index in [1.54, 1.807) is 13.8 Å². The second-order valence-corrected chi connectivity index (χ2v) is 8.53. The molecule has 0 aromatic carbocycles. The van der Waals surface area contributed by atoms with Gasteiger partial charge in [0, 0.05) is 0 Å². The first-order valence-corrected chi connectivity index (χ1v) is 11.7. The molecule has 0 saturated heterocycles. The van der Waals surface area contributed by atoms with Crippen molar-refractivity contribution in [1.29, 1.82) is 0 Å². The van der Waals surface area contributed by atoms with E-state index < -0.39 is 54.5 Å². The Kier molecular flexibility index (Phi) is 14.9. The van der Waals surface area contributed by atoms with Gasteiger partial charge in [0.15, 0.2) is 0 Å². The maximum atomic E-state index is 12.6. The van der Waals surface area contributed by atoms with Crippen molar-refractivity contribution in [1.82, 2.24) is 16.0 Å². The number of hydrogen-bond donors (Lipinski definition) is 7. The van der Waals surface area contributed by atoms with Crippen LogP contribution in [0.5, 0.6) is 0 Å². The molecule has 0 aromatic heterocycles. The summed E-state index contributed by atoms with van der Waals surface area (Å²) < 4.78 is 0. The zero-order valence-corrected chi connectivity index (χ0v) is 19.2. The van der Waals surface area contributed by atoms with Gasteiger partial charge >= 0.3 is 5.97 Å². The molecule has 3 amide bonds. The molecule has 0 aliphatic rings. The number of aliphatic carboxylic acids is 1. The Labute approximate surface area is 187 Å². The second kappa shape index (κ2) is 15.8. The van der Waals surface area contributed by atoms with E-state index in [9.17, 15) is 29.4 Å². The molecule has 0 fully saturated rings. The van der Waals surface area contributed by atoms with Gasteiger partial charge in [0.1, 0.15) is 18.1 Å². The highest BCUT2D eigenvalue weighted by molar-refractivity contribution is 7.98. The summed E-state index contributed by atoms with van der Waals surface area (Å²) in [7, 11) is 0. The van der Waals surface area contributed by atoms with Crippen molar-refractivity contribution >= 4 is 35.5 Å². The number of amides is 3. The van der Waals surface area contributed by atoms with E-state index in [0.717, 1.165) is 0 Å². The highest BCUT2D eigenvalue weighted by Gasteiger charge is 2.31. The number of rotatable bonds is 16. The van der Waals surface area contributed by atoms with Crippen LogP contribution in [0.4, 0.5) is 0 Å². The molecule has 31 heavy (non-hydrogen) atoms. The minimum Gasteiger partial charge on any atom is -0.480 e. The van der Waals surface area contributed by atoms with E-state index in [-0.39, 0.29) is 12.3 Å². The predicted molar refractivity (Wildman–Crippen MR) is 119 cm³/mol. The number of carboxylic acids is 1. The van der Waals surface area contributed by atoms with E-state index >= 15 is 0 Å². The number of nitrogens with two attached hydrogens (primary N) is 2. The Morgan fingerprint density at radius 3 is 2.03 bits per heavy atom. The van der Waals surface area contributed by atoms with Crippen LogP contribution in [0.2, 0.25) is 0 Å². The number of carboxylic acid groups (broad SMARTS) is 1. The minimum absolute atomic E-state index is 0.209. The van der Waals surface area contributed by atoms with Gasteiger partial charge in [0.05, 0.1) is 12.6 Å². The van der Waals surface area contributed by atoms with Crippen molar-refractivity contribution in [2.75, 3.05) is 25.2 Å². The highest BCUT2D eigenvalue weighted by atomic mass is 32.2. The third-order valence-electron chi connectivity index (χ3n) is 4.59. The first kappa shape index (κ1) is 29.1. The smallest absolute Gasteiger partial charge is 0.326 e. The van der Waals surface area contributed by atoms with Crippen LogP contribution in [0.25, 0.3) is 0 Å². The van der Waals surface area contributed by atoms with Crippen molar-refractivity contribution in [3.05, 3.63) is 0 Å². The summed E-state index contributed by atoms with van der Waals surface area (Å²) in [6.45, 7) is 3.09. The van der Waals surface area contributed by atoms with Gasteiger partial charge in [-0.05, 0) is 50.2 Å². The summed E-state index contributed by atoms with van der Waals surface area (Å²) in [5.74, 6) is -2.91. The Morgan fingerprint density at radius 2 is 1.55 bits per heavy atom. The third-order valence-corrected chi connectivity index (χ3v) is 5.24. The summed E-state index contributed by atoms with van der Waals surface area (Å²) in [4.78, 5) is 48.8. The number of aliphatic hydroxyl groups is 1. The Bertz CT molecular complexity index is 592. The Hall–Kier alpha value is -1.89. The molecule has 0 aliphatic heterocycles. The molecule has 4 atom stereocenters. The summed E-state index contributed by atoms with van der Waals surface area (Å²) >= 11 is 1.52. The molecular formula is C19H37N5O6S. The van der Waals surface area contributed by atoms with Gasteiger partial charge < -0.3 is 37.6 Å². The number of unbranched alkanes of at least 4 members (excludes halogenated alkanes) is 1. The van der Waals surface area contributed by atoms with Gasteiger partial charge in [-0.25, -0.2) is 4.79 Å². The van der Waals surface area contributed by atoms with Crippen LogP contribution in [0.15, 0.2) is 0 Å². The fourth-order valence-electron chi connectivity index (χ4n) is 2.65. The molecule has 0 heterocycles. The SMILES string of the molecule is CSCCC(N)C(=O)NC(CO)C(=O)NC(C(=O)NC(CCCCN)C(=O)O)C(C)C. The number of hydrogen-bond acceptors (Lipinski definition) is 8. The molecule has 0 bridgehead atoms. The molecule has 0 rings (SSSR count). The second-order valence-electron chi connectivity index (χ2n) is 7.55. The lowest BCUT2D eigenvalue weighted by Crippen LogP contribution is -2.59. The van der Waals surface area contributed by atoms with Crippen molar-refractivity contribution in [2.45, 2.75) is 63.7 Å². The molecule has 0 aromatic rings. The summed E-state index contributed by atoms with van der Waals surface area (Å²) in [6.07, 6.45) is 3.65. The largest absolute Gasteiger partial charge is 0.480 e. The monoisotopic (exact) mass is 463 g/mol. The lowest BCUT2D eigenvalue weighted by molar-refractivity contribution is -0.143. The van der Waals surface area contributed by atoms with Crippen LogP contribution in [0, 0.1) is 5.92 Å². The predicted octanol–water partition coefficient (Wildman–Crippen LogP) is -1.62. The maximum absolute atomic E-state index is 12.6. The molecule has 0 aliphatic carbocycles. The molecule has 180 valence electrons. The van der Waals surface area contributed by atoms with E-state index in [4.69, 9.17) is 11.5 Å². The Morgan fingerprint density at radius 1 is 0.935 bits per heavy atom. The van der Waals surface area contributed by atoms with Gasteiger partial charge in [-0.1, -0.05) is 13.8 Å². The van der Waals surface area contributed by atoms with E-state index in [0.29, 0.717) is 31.6 Å². The zero-order valence-electron chi connectivity index (χ0n) is 18.4. The minimum atomic E-state index is -1.29. The molecular weight excluding hydrogens is 426 g/mol. The molecule has 11 nitrogen and oxygen atoms in total. The first-order chi connectivity index (χ1) is 14.6. The van der Waals surface area contributed by atoms with Crippen LogP contribution in [0.3, 0.4) is 0 Å². The van der Waals surface area contributed by atoms with Gasteiger partial charge in [0.2, 0.25) is 17.7 Å². The van der Waals surface area contributed by atoms with Crippen LogP contribution in [-0.4, -0.2) is 83.2 Å². The average Bonchev–Trinajstić information content (AvgIpc) is 2.72. The van der Waals surface area contributed by atoms with Crippen LogP contribution >= 0.6 is 11.8 Å². The average molecular weight is 464 g/mol. The summed E-state index contributed by atoms with van der Waals surface area (Å²) in [6, 6.07) is -4.29. The van der Waals surface area contributed by atoms with Gasteiger partial charge in [-0.3, -0.25) is 14.4 Å². The zero-order chi connectivity index (χ0) is 24.0. The number of thioether (sulfide) groups is 1. The molecule has 12 heteroatoms. The normalized spacial score (nSPS) is 14.9. The lowest BCUT2D eigenvalue weighted by atomic mass is 10.0. The van der Waals surface area contributed by atoms with Crippen molar-refractivity contribution in [3.8, 4) is 0 Å². The van der Waals surface area contributed by atoms with E-state index in [1.807, 2.05) is 6.26 Å². The first-order valence-electron chi connectivity index (χ1n) is 10.3. The lowest BCUT2D eigenvalue weighted by Gasteiger charge is -2.26. The van der Waals surface area contributed by atoms with E-state index in [2.05, 4.69) is 16.0 Å². The van der Waals surface area contributed by atoms with Gasteiger partial charge in [-0.2, -0.15) is 11.8 Å². The molecule has 0 radical (unpaired) electrons. The van der Waals surface area contributed by atoms with E-state index in [1.165, 1.54) is 11.8 Å². The molecule has 0 spiro atoms. The van der Waals surface area contributed by atoms with Crippen molar-refractivity contribution in [3.63, 3.8) is 0 Å². The van der Waals surface area contributed by atoms with Crippen molar-refractivity contribution < 1.29 is 29.4 Å². The molecule has 0 saturated carbocycles. The molecule has 4 unspecified atom stereocenters. The maximum Gasteiger partial charge on any atom is 0.326 e. The fraction of sp³-hybridized carbons (Fsp3) is 0.789. The van der Waals surface area contributed by atoms with Crippen LogP contribution < -0.4 is 27.4 Å². The standard InChI is InChI=1S/C19H37N5O6S/c1-11(2)15(18(28)22-13(19(29)30)6-4-5-8-20)24-17(27)14(10-25)23-16(26)12(21)7-9-31-3/h11-15,25H,4-10,20-21H2,1-3H3,(H,22,28)(H,23,26)(H,24,27)(H,29,30). The van der Waals surface area contributed by atoms with Crippen LogP contribution in [-0.2, 0) is 19.2 Å². The number of carbonyl (C=O) groups excluding carboxylic acids is 3. The summed E-state index contributed by atoms with van der Waals surface area (Å²) in [5.41, 5.74) is 11.2. The van der Waals surface area contributed by atoms with Crippen LogP contribution in [0.1, 0.15) is 39.5 Å². The number of nitrogens with one attached hydrogen (secondary N) is 3. The topological polar surface area (TPSA) is 197 Å². The number of aliphatic hydroxyl groups excluding tert-OH is 1. The third kappa shape index (κ3) is 11.3. The van der Waals surface area contributed by atoms with Crippen molar-refractivity contribution in [2.24, 2.45) is 17.4 Å². The highest BCUT2D eigenvalue weighted by Crippen LogP contribution is 2.07. The van der Waals surface area contributed by atoms with Gasteiger partial charge in [-0.15, -0.1) is 0 Å². The Balaban J connectivity index is 5.07.